The molecule has 2 aliphatic rings. The molecule has 0 heterocycles. The number of hydrogen-bond donors (Lipinski definition) is 0. The largest absolute Gasteiger partial charge is 1.00 e. The fourth-order valence-electron chi connectivity index (χ4n) is 8.63. The van der Waals surface area contributed by atoms with Crippen LogP contribution in [0.5, 0.6) is 0 Å². The van der Waals surface area contributed by atoms with E-state index in [0.29, 0.717) is 5.92 Å². The molecule has 0 radical (unpaired) electrons. The quantitative estimate of drug-likeness (QED) is 0.184. The van der Waals surface area contributed by atoms with Crippen molar-refractivity contribution < 1.29 is 44.1 Å². The molecule has 0 bridgehead atoms. The van der Waals surface area contributed by atoms with Crippen LogP contribution in [0.3, 0.4) is 0 Å². The molecule has 0 aromatic heterocycles. The van der Waals surface area contributed by atoms with E-state index in [1.165, 1.54) is 50.1 Å². The molecule has 0 spiro atoms. The Hall–Kier alpha value is -1.86. The Bertz CT molecular complexity index is 2030. The van der Waals surface area contributed by atoms with Crippen molar-refractivity contribution in [3.05, 3.63) is 149 Å². The first-order chi connectivity index (χ1) is 23.9. The third-order valence-corrected chi connectivity index (χ3v) is 23.6. The number of rotatable bonds is 6. The summed E-state index contributed by atoms with van der Waals surface area (Å²) in [4.78, 5) is 0. The summed E-state index contributed by atoms with van der Waals surface area (Å²) in [5, 5.41) is 1.54. The van der Waals surface area contributed by atoms with Crippen LogP contribution in [0.15, 0.2) is 105 Å². The predicted octanol–water partition coefficient (Wildman–Crippen LogP) is 8.20. The maximum atomic E-state index is 6.54. The van der Waals surface area contributed by atoms with Gasteiger partial charge in [0.15, 0.2) is 0 Å². The molecule has 280 valence electrons. The van der Waals surface area contributed by atoms with E-state index >= 15 is 0 Å². The van der Waals surface area contributed by atoms with Crippen LogP contribution in [0.1, 0.15) is 126 Å². The third-order valence-electron chi connectivity index (χ3n) is 11.2. The second-order valence-electron chi connectivity index (χ2n) is 18.0. The van der Waals surface area contributed by atoms with Crippen LogP contribution < -0.4 is 24.8 Å². The molecule has 0 nitrogen and oxygen atoms in total. The van der Waals surface area contributed by atoms with Gasteiger partial charge in [-0.25, -0.2) is 0 Å². The summed E-state index contributed by atoms with van der Waals surface area (Å²) in [7, 11) is 0. The maximum absolute atomic E-state index is 6.54. The molecule has 1 unspecified atom stereocenters. The van der Waals surface area contributed by atoms with Crippen LogP contribution in [0, 0.1) is 11.3 Å². The molecular formula is C48H56Cl4Zr. The van der Waals surface area contributed by atoms with Crippen molar-refractivity contribution in [1.82, 2.24) is 0 Å². The molecule has 0 saturated carbocycles. The zero-order valence-corrected chi connectivity index (χ0v) is 38.9. The Morgan fingerprint density at radius 2 is 1.00 bits per heavy atom. The Morgan fingerprint density at radius 3 is 1.34 bits per heavy atom. The monoisotopic (exact) mass is 862 g/mol. The van der Waals surface area contributed by atoms with Crippen LogP contribution in [0.2, 0.25) is 10.0 Å². The van der Waals surface area contributed by atoms with E-state index in [1.54, 1.807) is 8.85 Å². The van der Waals surface area contributed by atoms with Crippen molar-refractivity contribution in [3.63, 3.8) is 0 Å². The molecule has 2 aliphatic carbocycles. The Kier molecular flexibility index (Phi) is 13.5. The number of fused-ring (bicyclic) bond motifs is 3. The Labute approximate surface area is 346 Å². The summed E-state index contributed by atoms with van der Waals surface area (Å²) in [6, 6.07) is 32.1. The van der Waals surface area contributed by atoms with E-state index in [9.17, 15) is 0 Å². The molecule has 6 rings (SSSR count). The van der Waals surface area contributed by atoms with Gasteiger partial charge in [0, 0.05) is 0 Å². The average molecular weight is 866 g/mol. The van der Waals surface area contributed by atoms with Crippen molar-refractivity contribution in [3.8, 4) is 11.1 Å². The van der Waals surface area contributed by atoms with Gasteiger partial charge in [0.05, 0.1) is 0 Å². The van der Waals surface area contributed by atoms with Crippen molar-refractivity contribution in [2.45, 2.75) is 103 Å². The Balaban J connectivity index is 0.00000314. The van der Waals surface area contributed by atoms with Crippen LogP contribution in [-0.4, -0.2) is 7.42 Å². The fourth-order valence-corrected chi connectivity index (χ4v) is 23.2. The summed E-state index contributed by atoms with van der Waals surface area (Å²) >= 11 is 9.01. The second-order valence-corrected chi connectivity index (χ2v) is 27.6. The van der Waals surface area contributed by atoms with E-state index in [2.05, 4.69) is 175 Å². The van der Waals surface area contributed by atoms with Gasteiger partial charge in [-0.15, -0.1) is 0 Å². The summed E-state index contributed by atoms with van der Waals surface area (Å²) in [5.41, 5.74) is 14.3. The van der Waals surface area contributed by atoms with Gasteiger partial charge in [-0.1, -0.05) is 0 Å². The van der Waals surface area contributed by atoms with Gasteiger partial charge in [-0.3, -0.25) is 0 Å². The van der Waals surface area contributed by atoms with Crippen molar-refractivity contribution in [2.75, 3.05) is 0 Å². The maximum Gasteiger partial charge on any atom is -1.00 e. The summed E-state index contributed by atoms with van der Waals surface area (Å²) < 4.78 is 7.54. The van der Waals surface area contributed by atoms with E-state index in [1.807, 2.05) is 0 Å². The zero-order valence-electron chi connectivity index (χ0n) is 33.4. The second kappa shape index (κ2) is 16.3. The van der Waals surface area contributed by atoms with Crippen LogP contribution >= 0.6 is 23.2 Å². The van der Waals surface area contributed by atoms with Gasteiger partial charge >= 0.3 is 325 Å². The topological polar surface area (TPSA) is 0 Å². The van der Waals surface area contributed by atoms with Gasteiger partial charge in [-0.05, 0) is 0 Å². The van der Waals surface area contributed by atoms with E-state index in [0.717, 1.165) is 22.9 Å². The van der Waals surface area contributed by atoms with E-state index in [4.69, 9.17) is 23.2 Å². The molecule has 4 aromatic carbocycles. The minimum Gasteiger partial charge on any atom is -1.00 e. The van der Waals surface area contributed by atoms with Crippen molar-refractivity contribution >= 4 is 30.6 Å². The number of allylic oxidation sites excluding steroid dienone is 4. The van der Waals surface area contributed by atoms with Crippen LogP contribution in [0.25, 0.3) is 11.1 Å². The fraction of sp³-hybridized carbons (Fsp3) is 0.375. The molecule has 4 aromatic rings. The molecule has 53 heavy (non-hydrogen) atoms. The molecule has 0 aliphatic heterocycles. The number of benzene rings is 4. The minimum atomic E-state index is -4.07. The zero-order chi connectivity index (χ0) is 37.1. The van der Waals surface area contributed by atoms with Gasteiger partial charge in [0.2, 0.25) is 0 Å². The molecular weight excluding hydrogens is 810 g/mol. The third kappa shape index (κ3) is 8.62. The predicted molar refractivity (Wildman–Crippen MR) is 223 cm³/mol. The van der Waals surface area contributed by atoms with Crippen molar-refractivity contribution in [2.24, 2.45) is 11.3 Å². The molecule has 0 N–H and O–H groups in total. The molecule has 0 amide bonds. The first-order valence-electron chi connectivity index (χ1n) is 18.9. The minimum absolute atomic E-state index is 0. The normalized spacial score (nSPS) is 15.4. The van der Waals surface area contributed by atoms with E-state index in [-0.39, 0.29) is 44.7 Å². The SMILES string of the molecule is CCC1=[C]([Zr+2](=[CH]c2ccc(Cl)cc2)(=[CH]c2ccc(Cl)cc2)[CH]2c3ccc(C(C)(C)C)cc3-c3cc(C(C)(C)C)ccc32)C(CC)C=C1C(C)(C)C.[Cl-].[Cl-]. The summed E-state index contributed by atoms with van der Waals surface area (Å²) in [6.07, 6.45) is 4.76. The average Bonchev–Trinajstić information content (AvgIpc) is 3.62. The van der Waals surface area contributed by atoms with Gasteiger partial charge < -0.3 is 24.8 Å². The van der Waals surface area contributed by atoms with Gasteiger partial charge in [0.1, 0.15) is 0 Å². The van der Waals surface area contributed by atoms with Crippen molar-refractivity contribution in [1.29, 1.82) is 0 Å². The van der Waals surface area contributed by atoms with E-state index < -0.39 is 19.3 Å². The molecule has 5 heteroatoms. The number of hydrogen-bond acceptors (Lipinski definition) is 0. The van der Waals surface area contributed by atoms with Gasteiger partial charge in [-0.2, -0.15) is 0 Å². The van der Waals surface area contributed by atoms with Gasteiger partial charge in [0.25, 0.3) is 0 Å². The molecule has 1 atom stereocenters. The number of halogens is 4. The molecule has 0 saturated heterocycles. The van der Waals surface area contributed by atoms with Crippen LogP contribution in [0.4, 0.5) is 0 Å². The molecule has 0 fully saturated rings. The summed E-state index contributed by atoms with van der Waals surface area (Å²) in [5.74, 6) is 0.382. The standard InChI is InChI=1S/C21H25.C13H21.2C7H5Cl.2ClH.Zr/c1-20(2,3)16-9-7-14-11-15-8-10-17(21(4,5)6)13-19(15)18(14)12-16;1-6-10-8-11(7-2)12(9-10)13(3,4)5;2*1-6-2-4-7(8)5-3-6;;;/h7-13H,1-6H3;9-10H,6-7H2,1-5H3;2*1-5H;2*1H;/q;;;;;;+2/p-2. The summed E-state index contributed by atoms with van der Waals surface area (Å²) in [6.45, 7) is 26.0. The smallest absolute Gasteiger partial charge is 1.00 e. The Morgan fingerprint density at radius 1 is 0.585 bits per heavy atom. The first-order valence-corrected chi connectivity index (χ1v) is 25.1. The first kappa shape index (κ1) is 43.9. The van der Waals surface area contributed by atoms with Crippen LogP contribution in [-0.2, 0) is 30.1 Å².